The molecule has 0 spiro atoms. The molecule has 2 fully saturated rings. The molecule has 0 aromatic heterocycles. The van der Waals surface area contributed by atoms with Crippen molar-refractivity contribution in [2.75, 3.05) is 33.7 Å². The van der Waals surface area contributed by atoms with Gasteiger partial charge in [-0.1, -0.05) is 19.3 Å². The minimum Gasteiger partial charge on any atom is -0.393 e. The number of carbonyl (C=O) groups is 1. The Kier molecular flexibility index (Phi) is 6.90. The highest BCUT2D eigenvalue weighted by Crippen LogP contribution is 2.39. The van der Waals surface area contributed by atoms with Crippen LogP contribution in [0.5, 0.6) is 0 Å². The van der Waals surface area contributed by atoms with Crippen molar-refractivity contribution in [3.8, 4) is 0 Å². The van der Waals surface area contributed by atoms with Crippen molar-refractivity contribution in [2.24, 2.45) is 16.3 Å². The summed E-state index contributed by atoms with van der Waals surface area (Å²) in [5.41, 5.74) is -0.335. The average molecular weight is 338 g/mol. The van der Waals surface area contributed by atoms with Crippen LogP contribution in [0.25, 0.3) is 0 Å². The van der Waals surface area contributed by atoms with Crippen LogP contribution >= 0.6 is 0 Å². The van der Waals surface area contributed by atoms with Crippen LogP contribution in [-0.4, -0.2) is 61.7 Å². The number of aliphatic hydroxyl groups excluding tert-OH is 1. The van der Waals surface area contributed by atoms with E-state index in [0.29, 0.717) is 12.5 Å². The first-order chi connectivity index (χ1) is 11.5. The summed E-state index contributed by atoms with van der Waals surface area (Å²) in [4.78, 5) is 19.1. The van der Waals surface area contributed by atoms with Gasteiger partial charge in [-0.25, -0.2) is 0 Å². The van der Waals surface area contributed by atoms with E-state index in [9.17, 15) is 9.90 Å². The van der Waals surface area contributed by atoms with Crippen LogP contribution in [-0.2, 0) is 4.79 Å². The zero-order chi connectivity index (χ0) is 17.6. The molecule has 0 aromatic carbocycles. The zero-order valence-corrected chi connectivity index (χ0v) is 15.5. The molecule has 2 aliphatic rings. The number of carbonyl (C=O) groups excluding carboxylic acids is 1. The standard InChI is InChI=1S/C18H34N4O2/c1-4-19-17(20-12-14-8-7-9-15(14)23)21-13-18(10-5-6-11-18)16(24)22(2)3/h14-15,23H,4-13H2,1-3H3,(H2,19,20,21). The topological polar surface area (TPSA) is 77.0 Å². The highest BCUT2D eigenvalue weighted by atomic mass is 16.3. The summed E-state index contributed by atoms with van der Waals surface area (Å²) in [5, 5.41) is 16.6. The van der Waals surface area contributed by atoms with Crippen molar-refractivity contribution in [1.82, 2.24) is 15.5 Å². The van der Waals surface area contributed by atoms with E-state index in [4.69, 9.17) is 4.99 Å². The lowest BCUT2D eigenvalue weighted by atomic mass is 9.85. The van der Waals surface area contributed by atoms with Crippen molar-refractivity contribution in [1.29, 1.82) is 0 Å². The second-order valence-corrected chi connectivity index (χ2v) is 7.52. The third-order valence-electron chi connectivity index (χ3n) is 5.46. The lowest BCUT2D eigenvalue weighted by Crippen LogP contribution is -2.44. The molecule has 24 heavy (non-hydrogen) atoms. The van der Waals surface area contributed by atoms with Crippen molar-refractivity contribution in [3.63, 3.8) is 0 Å². The van der Waals surface area contributed by atoms with E-state index in [2.05, 4.69) is 10.6 Å². The van der Waals surface area contributed by atoms with Gasteiger partial charge in [0.1, 0.15) is 0 Å². The molecule has 138 valence electrons. The first kappa shape index (κ1) is 19.0. The Morgan fingerprint density at radius 3 is 2.46 bits per heavy atom. The van der Waals surface area contributed by atoms with Crippen molar-refractivity contribution in [3.05, 3.63) is 0 Å². The highest BCUT2D eigenvalue weighted by Gasteiger charge is 2.42. The molecule has 6 nitrogen and oxygen atoms in total. The van der Waals surface area contributed by atoms with E-state index < -0.39 is 0 Å². The molecule has 0 aliphatic heterocycles. The van der Waals surface area contributed by atoms with Gasteiger partial charge >= 0.3 is 0 Å². The minimum absolute atomic E-state index is 0.197. The minimum atomic E-state index is -0.335. The summed E-state index contributed by atoms with van der Waals surface area (Å²) in [7, 11) is 3.66. The maximum atomic E-state index is 12.6. The molecule has 2 unspecified atom stereocenters. The normalized spacial score (nSPS) is 26.4. The number of nitrogens with zero attached hydrogens (tertiary/aromatic N) is 2. The SMILES string of the molecule is CCNC(=NCC1(C(=O)N(C)C)CCCC1)NCC1CCCC1O. The van der Waals surface area contributed by atoms with E-state index in [-0.39, 0.29) is 17.4 Å². The molecule has 0 heterocycles. The van der Waals surface area contributed by atoms with Gasteiger partial charge in [0.05, 0.1) is 18.1 Å². The van der Waals surface area contributed by atoms with Crippen molar-refractivity contribution in [2.45, 2.75) is 58.0 Å². The number of hydrogen-bond donors (Lipinski definition) is 3. The maximum Gasteiger partial charge on any atom is 0.230 e. The second kappa shape index (κ2) is 8.70. The third kappa shape index (κ3) is 4.62. The van der Waals surface area contributed by atoms with Gasteiger partial charge < -0.3 is 20.6 Å². The van der Waals surface area contributed by atoms with Crippen LogP contribution in [0.4, 0.5) is 0 Å². The van der Waals surface area contributed by atoms with Gasteiger partial charge in [0.15, 0.2) is 5.96 Å². The molecule has 0 saturated heterocycles. The predicted molar refractivity (Wildman–Crippen MR) is 96.9 cm³/mol. The van der Waals surface area contributed by atoms with Gasteiger partial charge in [-0.15, -0.1) is 0 Å². The Hall–Kier alpha value is -1.30. The lowest BCUT2D eigenvalue weighted by molar-refractivity contribution is -0.138. The molecule has 0 aromatic rings. The fourth-order valence-corrected chi connectivity index (χ4v) is 4.02. The summed E-state index contributed by atoms with van der Waals surface area (Å²) in [6.45, 7) is 4.10. The van der Waals surface area contributed by atoms with Crippen LogP contribution in [0, 0.1) is 11.3 Å². The van der Waals surface area contributed by atoms with Crippen molar-refractivity contribution < 1.29 is 9.90 Å². The number of aliphatic hydroxyl groups is 1. The van der Waals surface area contributed by atoms with Crippen LogP contribution in [0.15, 0.2) is 4.99 Å². The summed E-state index contributed by atoms with van der Waals surface area (Å²) < 4.78 is 0. The molecule has 2 aliphatic carbocycles. The molecule has 6 heteroatoms. The molecule has 0 radical (unpaired) electrons. The number of rotatable bonds is 6. The molecule has 2 rings (SSSR count). The van der Waals surface area contributed by atoms with E-state index >= 15 is 0 Å². The van der Waals surface area contributed by atoms with Crippen molar-refractivity contribution >= 4 is 11.9 Å². The second-order valence-electron chi connectivity index (χ2n) is 7.52. The number of aliphatic imine (C=N–C) groups is 1. The Labute approximate surface area is 146 Å². The van der Waals surface area contributed by atoms with Gasteiger partial charge in [-0.3, -0.25) is 9.79 Å². The van der Waals surface area contributed by atoms with Crippen LogP contribution < -0.4 is 10.6 Å². The first-order valence-corrected chi connectivity index (χ1v) is 9.40. The summed E-state index contributed by atoms with van der Waals surface area (Å²) >= 11 is 0. The summed E-state index contributed by atoms with van der Waals surface area (Å²) in [6.07, 6.45) is 6.93. The largest absolute Gasteiger partial charge is 0.393 e. The molecule has 2 atom stereocenters. The molecule has 2 saturated carbocycles. The molecular weight excluding hydrogens is 304 g/mol. The zero-order valence-electron chi connectivity index (χ0n) is 15.5. The van der Waals surface area contributed by atoms with E-state index in [0.717, 1.165) is 64.0 Å². The lowest BCUT2D eigenvalue weighted by Gasteiger charge is -2.29. The molecule has 0 bridgehead atoms. The fraction of sp³-hybridized carbons (Fsp3) is 0.889. The van der Waals surface area contributed by atoms with Crippen LogP contribution in [0.3, 0.4) is 0 Å². The van der Waals surface area contributed by atoms with E-state index in [1.54, 1.807) is 4.90 Å². The predicted octanol–water partition coefficient (Wildman–Crippen LogP) is 1.35. The van der Waals surface area contributed by atoms with Gasteiger partial charge in [0.2, 0.25) is 5.91 Å². The summed E-state index contributed by atoms with van der Waals surface area (Å²) in [6, 6.07) is 0. The Balaban J connectivity index is 1.98. The third-order valence-corrected chi connectivity index (χ3v) is 5.46. The maximum absolute atomic E-state index is 12.6. The van der Waals surface area contributed by atoms with Crippen LogP contribution in [0.2, 0.25) is 0 Å². The fourth-order valence-electron chi connectivity index (χ4n) is 4.02. The van der Waals surface area contributed by atoms with Gasteiger partial charge in [-0.2, -0.15) is 0 Å². The van der Waals surface area contributed by atoms with E-state index in [1.807, 2.05) is 21.0 Å². The summed E-state index contributed by atoms with van der Waals surface area (Å²) in [5.74, 6) is 1.26. The number of hydrogen-bond acceptors (Lipinski definition) is 3. The molecular formula is C18H34N4O2. The van der Waals surface area contributed by atoms with Crippen LogP contribution in [0.1, 0.15) is 51.9 Å². The Morgan fingerprint density at radius 1 is 1.21 bits per heavy atom. The Morgan fingerprint density at radius 2 is 1.92 bits per heavy atom. The number of guanidine groups is 1. The smallest absolute Gasteiger partial charge is 0.230 e. The molecule has 1 amide bonds. The monoisotopic (exact) mass is 338 g/mol. The molecule has 3 N–H and O–H groups in total. The number of amides is 1. The quantitative estimate of drug-likeness (QED) is 0.505. The van der Waals surface area contributed by atoms with Gasteiger partial charge in [0.25, 0.3) is 0 Å². The average Bonchev–Trinajstić information content (AvgIpc) is 3.19. The van der Waals surface area contributed by atoms with Gasteiger partial charge in [0, 0.05) is 33.1 Å². The highest BCUT2D eigenvalue weighted by molar-refractivity contribution is 5.84. The van der Waals surface area contributed by atoms with Gasteiger partial charge in [-0.05, 0) is 32.6 Å². The van der Waals surface area contributed by atoms with E-state index in [1.165, 1.54) is 0 Å². The first-order valence-electron chi connectivity index (χ1n) is 9.40. The Bertz CT molecular complexity index is 444. The number of nitrogens with one attached hydrogen (secondary N) is 2.